The predicted octanol–water partition coefficient (Wildman–Crippen LogP) is 2.35. The Morgan fingerprint density at radius 2 is 2.12 bits per heavy atom. The van der Waals surface area contributed by atoms with E-state index in [1.54, 1.807) is 24.0 Å². The van der Waals surface area contributed by atoms with Crippen LogP contribution in [0.1, 0.15) is 32.7 Å². The van der Waals surface area contributed by atoms with Crippen LogP contribution in [0.25, 0.3) is 0 Å². The molecule has 2 atom stereocenters. The molecule has 0 spiro atoms. The number of thiol groups is 1. The molecular formula is C17H22N2O5S2. The van der Waals surface area contributed by atoms with Crippen molar-refractivity contribution in [1.82, 2.24) is 10.2 Å². The number of carbonyl (C=O) groups excluding carboxylic acids is 3. The number of hydrogen-bond donors (Lipinski definition) is 2. The molecule has 1 N–H and O–H groups in total. The van der Waals surface area contributed by atoms with Crippen LogP contribution in [0.4, 0.5) is 4.79 Å². The molecule has 1 aromatic rings. The van der Waals surface area contributed by atoms with Crippen LogP contribution >= 0.6 is 24.0 Å². The van der Waals surface area contributed by atoms with Crippen molar-refractivity contribution in [2.24, 2.45) is 0 Å². The van der Waals surface area contributed by atoms with E-state index >= 15 is 0 Å². The largest absolute Gasteiger partial charge is 0.462 e. The lowest BCUT2D eigenvalue weighted by atomic mass is 10.2. The van der Waals surface area contributed by atoms with Crippen LogP contribution in [-0.4, -0.2) is 60.5 Å². The van der Waals surface area contributed by atoms with Crippen molar-refractivity contribution >= 4 is 41.9 Å². The van der Waals surface area contributed by atoms with E-state index in [2.05, 4.69) is 24.5 Å². The van der Waals surface area contributed by atoms with Crippen molar-refractivity contribution in [2.75, 3.05) is 26.3 Å². The fraction of sp³-hybridized carbons (Fsp3) is 0.471. The summed E-state index contributed by atoms with van der Waals surface area (Å²) in [5.74, 6) is -0.742. The van der Waals surface area contributed by atoms with Crippen LogP contribution in [-0.2, 0) is 9.47 Å². The first-order chi connectivity index (χ1) is 12.5. The third kappa shape index (κ3) is 5.25. The van der Waals surface area contributed by atoms with E-state index < -0.39 is 12.1 Å². The highest BCUT2D eigenvalue weighted by Crippen LogP contribution is 2.23. The van der Waals surface area contributed by atoms with Gasteiger partial charge in [-0.05, 0) is 25.5 Å². The van der Waals surface area contributed by atoms with Crippen LogP contribution < -0.4 is 5.32 Å². The molecule has 2 rings (SSSR count). The van der Waals surface area contributed by atoms with E-state index in [0.29, 0.717) is 22.7 Å². The monoisotopic (exact) mass is 398 g/mol. The number of thiophene rings is 1. The Hall–Kier alpha value is -2.00. The summed E-state index contributed by atoms with van der Waals surface area (Å²) in [6.45, 7) is 6.40. The normalized spacial score (nSPS) is 19.1. The number of ether oxygens (including phenoxy) is 2. The average Bonchev–Trinajstić information content (AvgIpc) is 3.24. The predicted molar refractivity (Wildman–Crippen MR) is 102 cm³/mol. The molecular weight excluding hydrogens is 376 g/mol. The molecule has 1 saturated heterocycles. The first-order valence-electron chi connectivity index (χ1n) is 8.23. The van der Waals surface area contributed by atoms with Gasteiger partial charge in [0.15, 0.2) is 0 Å². The van der Waals surface area contributed by atoms with Crippen LogP contribution in [0.5, 0.6) is 0 Å². The van der Waals surface area contributed by atoms with E-state index in [9.17, 15) is 14.4 Å². The van der Waals surface area contributed by atoms with Gasteiger partial charge in [-0.25, -0.2) is 9.59 Å². The van der Waals surface area contributed by atoms with E-state index in [4.69, 9.17) is 9.47 Å². The van der Waals surface area contributed by atoms with Crippen molar-refractivity contribution in [3.8, 4) is 0 Å². The molecule has 1 aromatic heterocycles. The molecule has 2 amide bonds. The molecule has 2 unspecified atom stereocenters. The fourth-order valence-electron chi connectivity index (χ4n) is 2.59. The number of esters is 1. The van der Waals surface area contributed by atoms with Gasteiger partial charge in [-0.1, -0.05) is 12.7 Å². The van der Waals surface area contributed by atoms with Gasteiger partial charge in [-0.2, -0.15) is 12.6 Å². The maximum atomic E-state index is 12.3. The molecule has 1 aliphatic rings. The zero-order chi connectivity index (χ0) is 19.1. The second-order valence-electron chi connectivity index (χ2n) is 5.66. The van der Waals surface area contributed by atoms with Crippen molar-refractivity contribution in [3.05, 3.63) is 34.5 Å². The molecule has 1 fully saturated rings. The minimum atomic E-state index is -0.443. The number of nitrogens with zero attached hydrogens (tertiary/aromatic N) is 1. The number of hydrogen-bond acceptors (Lipinski definition) is 7. The van der Waals surface area contributed by atoms with Gasteiger partial charge in [0.1, 0.15) is 11.5 Å². The summed E-state index contributed by atoms with van der Waals surface area (Å²) in [5.41, 5.74) is 0. The molecule has 0 bridgehead atoms. The minimum Gasteiger partial charge on any atom is -0.462 e. The zero-order valence-corrected chi connectivity index (χ0v) is 16.2. The fourth-order valence-corrected chi connectivity index (χ4v) is 3.83. The van der Waals surface area contributed by atoms with E-state index in [1.165, 1.54) is 6.08 Å². The first kappa shape index (κ1) is 20.3. The third-order valence-corrected chi connectivity index (χ3v) is 5.19. The summed E-state index contributed by atoms with van der Waals surface area (Å²) >= 11 is 5.50. The maximum absolute atomic E-state index is 12.3. The molecule has 0 radical (unpaired) electrons. The van der Waals surface area contributed by atoms with Gasteiger partial charge in [-0.15, -0.1) is 11.3 Å². The molecule has 26 heavy (non-hydrogen) atoms. The molecule has 142 valence electrons. The van der Waals surface area contributed by atoms with Crippen molar-refractivity contribution in [2.45, 2.75) is 24.6 Å². The average molecular weight is 399 g/mol. The summed E-state index contributed by atoms with van der Waals surface area (Å²) in [4.78, 5) is 38.4. The zero-order valence-electron chi connectivity index (χ0n) is 14.5. The summed E-state index contributed by atoms with van der Waals surface area (Å²) in [5, 5.41) is 2.84. The smallest absolute Gasteiger partial charge is 0.410 e. The van der Waals surface area contributed by atoms with E-state index in [1.807, 2.05) is 0 Å². The first-order valence-corrected chi connectivity index (χ1v) is 9.57. The Morgan fingerprint density at radius 3 is 2.81 bits per heavy atom. The van der Waals surface area contributed by atoms with E-state index in [0.717, 1.165) is 11.3 Å². The minimum absolute atomic E-state index is 0.0327. The molecule has 0 aromatic carbocycles. The van der Waals surface area contributed by atoms with Crippen LogP contribution in [0.2, 0.25) is 0 Å². The van der Waals surface area contributed by atoms with Crippen LogP contribution in [0.15, 0.2) is 24.8 Å². The number of nitrogens with one attached hydrogen (secondary N) is 1. The number of amides is 2. The Morgan fingerprint density at radius 1 is 1.38 bits per heavy atom. The van der Waals surface area contributed by atoms with Gasteiger partial charge in [0.25, 0.3) is 5.91 Å². The van der Waals surface area contributed by atoms with E-state index in [-0.39, 0.29) is 37.0 Å². The topological polar surface area (TPSA) is 84.9 Å². The van der Waals surface area contributed by atoms with Gasteiger partial charge < -0.3 is 19.7 Å². The van der Waals surface area contributed by atoms with Crippen molar-refractivity contribution in [1.29, 1.82) is 0 Å². The highest BCUT2D eigenvalue weighted by molar-refractivity contribution is 7.81. The summed E-state index contributed by atoms with van der Waals surface area (Å²) in [6.07, 6.45) is 1.72. The SMILES string of the molecule is C=CCOC(=O)N1CC(S)CC1CNC(=O)c1ccc(C(=O)OCC)s1. The highest BCUT2D eigenvalue weighted by Gasteiger charge is 2.34. The summed E-state index contributed by atoms with van der Waals surface area (Å²) in [7, 11) is 0. The van der Waals surface area contributed by atoms with Crippen LogP contribution in [0.3, 0.4) is 0 Å². The van der Waals surface area contributed by atoms with Crippen molar-refractivity contribution in [3.63, 3.8) is 0 Å². The Balaban J connectivity index is 1.92. The number of rotatable bonds is 7. The lowest BCUT2D eigenvalue weighted by molar-refractivity contribution is 0.0532. The number of likely N-dealkylation sites (tertiary alicyclic amines) is 1. The van der Waals surface area contributed by atoms with Gasteiger partial charge in [-0.3, -0.25) is 4.79 Å². The number of carbonyl (C=O) groups is 3. The Bertz CT molecular complexity index is 676. The molecule has 0 aliphatic carbocycles. The van der Waals surface area contributed by atoms with Gasteiger partial charge in [0.2, 0.25) is 0 Å². The molecule has 0 saturated carbocycles. The molecule has 1 aliphatic heterocycles. The Kier molecular flexibility index (Phi) is 7.52. The quantitative estimate of drug-likeness (QED) is 0.418. The van der Waals surface area contributed by atoms with Gasteiger partial charge in [0, 0.05) is 18.3 Å². The summed E-state index contributed by atoms with van der Waals surface area (Å²) < 4.78 is 9.98. The Labute approximate surface area is 161 Å². The van der Waals surface area contributed by atoms with Crippen molar-refractivity contribution < 1.29 is 23.9 Å². The second kappa shape index (κ2) is 9.63. The maximum Gasteiger partial charge on any atom is 0.410 e. The summed E-state index contributed by atoms with van der Waals surface area (Å²) in [6, 6.07) is 2.96. The molecule has 2 heterocycles. The lowest BCUT2D eigenvalue weighted by Crippen LogP contribution is -2.43. The second-order valence-corrected chi connectivity index (χ2v) is 7.47. The molecule has 7 nitrogen and oxygen atoms in total. The lowest BCUT2D eigenvalue weighted by Gasteiger charge is -2.23. The van der Waals surface area contributed by atoms with Gasteiger partial charge in [0.05, 0.1) is 17.5 Å². The standard InChI is InChI=1S/C17H22N2O5S2/c1-3-7-24-17(22)19-10-12(25)8-11(19)9-18-15(20)13-5-6-14(26-13)16(21)23-4-2/h3,5-6,11-12,25H,1,4,7-10H2,2H3,(H,18,20). The third-order valence-electron chi connectivity index (χ3n) is 3.76. The van der Waals surface area contributed by atoms with Gasteiger partial charge >= 0.3 is 12.1 Å². The molecule has 9 heteroatoms. The highest BCUT2D eigenvalue weighted by atomic mass is 32.1. The van der Waals surface area contributed by atoms with Crippen LogP contribution in [0, 0.1) is 0 Å².